The Morgan fingerprint density at radius 3 is 2.68 bits per heavy atom. The average Bonchev–Trinajstić information content (AvgIpc) is 2.72. The van der Waals surface area contributed by atoms with Gasteiger partial charge in [-0.2, -0.15) is 5.26 Å². The number of guanidine groups is 1. The molecule has 0 radical (unpaired) electrons. The molecule has 28 heavy (non-hydrogen) atoms. The van der Waals surface area contributed by atoms with Crippen LogP contribution in [0.3, 0.4) is 0 Å². The van der Waals surface area contributed by atoms with Crippen LogP contribution in [0.4, 0.5) is 0 Å². The fourth-order valence-corrected chi connectivity index (χ4v) is 3.25. The van der Waals surface area contributed by atoms with Gasteiger partial charge in [0.05, 0.1) is 31.3 Å². The number of nitriles is 1. The van der Waals surface area contributed by atoms with Gasteiger partial charge in [-0.25, -0.2) is 4.99 Å². The fourth-order valence-electron chi connectivity index (χ4n) is 3.25. The molecule has 0 amide bonds. The molecule has 1 unspecified atom stereocenters. The topological polar surface area (TPSA) is 60.7 Å². The highest BCUT2D eigenvalue weighted by atomic mass is 127. The fraction of sp³-hybridized carbons (Fsp3) is 0.364. The summed E-state index contributed by atoms with van der Waals surface area (Å²) < 4.78 is 6.04. The van der Waals surface area contributed by atoms with Gasteiger partial charge in [0.2, 0.25) is 0 Å². The third-order valence-electron chi connectivity index (χ3n) is 4.73. The summed E-state index contributed by atoms with van der Waals surface area (Å²) in [6.07, 6.45) is 0.0544. The minimum Gasteiger partial charge on any atom is -0.370 e. The van der Waals surface area contributed by atoms with Gasteiger partial charge in [0.25, 0.3) is 0 Å². The monoisotopic (exact) mass is 490 g/mol. The highest BCUT2D eigenvalue weighted by Gasteiger charge is 2.25. The average molecular weight is 490 g/mol. The first-order valence-electron chi connectivity index (χ1n) is 9.40. The molecule has 1 atom stereocenters. The molecule has 1 fully saturated rings. The van der Waals surface area contributed by atoms with E-state index < -0.39 is 0 Å². The highest BCUT2D eigenvalue weighted by molar-refractivity contribution is 14.0. The predicted molar refractivity (Wildman–Crippen MR) is 123 cm³/mol. The van der Waals surface area contributed by atoms with E-state index >= 15 is 0 Å². The van der Waals surface area contributed by atoms with Crippen molar-refractivity contribution in [3.63, 3.8) is 0 Å². The quantitative estimate of drug-likeness (QED) is 0.400. The Balaban J connectivity index is 0.00000280. The van der Waals surface area contributed by atoms with Crippen molar-refractivity contribution in [2.45, 2.75) is 26.5 Å². The normalized spacial score (nSPS) is 16.8. The minimum absolute atomic E-state index is 0. The summed E-state index contributed by atoms with van der Waals surface area (Å²) in [4.78, 5) is 7.08. The van der Waals surface area contributed by atoms with E-state index in [-0.39, 0.29) is 30.1 Å². The second kappa shape index (κ2) is 11.0. The van der Waals surface area contributed by atoms with Crippen LogP contribution in [0.2, 0.25) is 0 Å². The number of aliphatic imine (C=N–C) groups is 1. The molecule has 2 aromatic carbocycles. The van der Waals surface area contributed by atoms with Gasteiger partial charge in [-0.1, -0.05) is 36.4 Å². The zero-order valence-corrected chi connectivity index (χ0v) is 18.7. The number of nitrogens with one attached hydrogen (secondary N) is 1. The van der Waals surface area contributed by atoms with Crippen LogP contribution in [0, 0.1) is 18.3 Å². The number of hydrogen-bond donors (Lipinski definition) is 1. The molecule has 0 saturated carbocycles. The smallest absolute Gasteiger partial charge is 0.194 e. The Hall–Kier alpha value is -2.11. The molecule has 0 aliphatic carbocycles. The van der Waals surface area contributed by atoms with Crippen molar-refractivity contribution in [1.29, 1.82) is 5.26 Å². The van der Waals surface area contributed by atoms with E-state index in [4.69, 9.17) is 15.0 Å². The summed E-state index contributed by atoms with van der Waals surface area (Å²) in [5.41, 5.74) is 4.26. The molecule has 1 N–H and O–H groups in total. The van der Waals surface area contributed by atoms with Crippen molar-refractivity contribution in [3.05, 3.63) is 70.8 Å². The van der Waals surface area contributed by atoms with Crippen molar-refractivity contribution in [2.24, 2.45) is 4.99 Å². The maximum Gasteiger partial charge on any atom is 0.194 e. The third kappa shape index (κ3) is 5.69. The van der Waals surface area contributed by atoms with E-state index in [0.717, 1.165) is 31.2 Å². The molecule has 0 bridgehead atoms. The third-order valence-corrected chi connectivity index (χ3v) is 4.73. The number of halogens is 1. The van der Waals surface area contributed by atoms with E-state index in [1.165, 1.54) is 11.1 Å². The minimum atomic E-state index is 0. The van der Waals surface area contributed by atoms with Crippen LogP contribution in [0.25, 0.3) is 0 Å². The number of benzene rings is 2. The molecular weight excluding hydrogens is 463 g/mol. The lowest BCUT2D eigenvalue weighted by Gasteiger charge is -2.35. The molecule has 1 aliphatic heterocycles. The zero-order chi connectivity index (χ0) is 19.1. The number of rotatable bonds is 4. The van der Waals surface area contributed by atoms with E-state index in [0.29, 0.717) is 18.7 Å². The standard InChI is InChI=1S/C22H26N4O.HI/c1-3-24-22(25-15-19-10-8-18(14-23)9-11-19)26-12-13-27-21(16-26)20-7-5-4-6-17(20)2;/h4-11,21H,3,12-13,15-16H2,1-2H3,(H,24,25);1H. The Morgan fingerprint density at radius 2 is 2.00 bits per heavy atom. The molecule has 3 rings (SSSR count). The van der Waals surface area contributed by atoms with Crippen LogP contribution in [0.5, 0.6) is 0 Å². The largest absolute Gasteiger partial charge is 0.370 e. The van der Waals surface area contributed by atoms with Crippen molar-refractivity contribution in [1.82, 2.24) is 10.2 Å². The van der Waals surface area contributed by atoms with Crippen molar-refractivity contribution in [3.8, 4) is 6.07 Å². The number of hydrogen-bond acceptors (Lipinski definition) is 3. The summed E-state index contributed by atoms with van der Waals surface area (Å²) in [6.45, 7) is 7.89. The number of morpholine rings is 1. The molecule has 1 saturated heterocycles. The van der Waals surface area contributed by atoms with Gasteiger partial charge >= 0.3 is 0 Å². The van der Waals surface area contributed by atoms with Crippen LogP contribution in [-0.4, -0.2) is 37.1 Å². The first-order valence-corrected chi connectivity index (χ1v) is 9.40. The Morgan fingerprint density at radius 1 is 1.25 bits per heavy atom. The summed E-state index contributed by atoms with van der Waals surface area (Å²) in [6, 6.07) is 18.1. The van der Waals surface area contributed by atoms with E-state index in [2.05, 4.69) is 54.4 Å². The summed E-state index contributed by atoms with van der Waals surface area (Å²) in [5.74, 6) is 0.906. The molecule has 0 spiro atoms. The summed E-state index contributed by atoms with van der Waals surface area (Å²) in [7, 11) is 0. The molecule has 1 aliphatic rings. The van der Waals surface area contributed by atoms with Crippen LogP contribution in [-0.2, 0) is 11.3 Å². The van der Waals surface area contributed by atoms with Crippen LogP contribution >= 0.6 is 24.0 Å². The van der Waals surface area contributed by atoms with E-state index in [1.807, 2.05) is 24.3 Å². The Labute approximate surface area is 184 Å². The first-order chi connectivity index (χ1) is 13.2. The number of nitrogens with zero attached hydrogens (tertiary/aromatic N) is 3. The van der Waals surface area contributed by atoms with Gasteiger partial charge in [0.1, 0.15) is 6.10 Å². The van der Waals surface area contributed by atoms with Crippen molar-refractivity contribution >= 4 is 29.9 Å². The van der Waals surface area contributed by atoms with Gasteiger partial charge in [-0.15, -0.1) is 24.0 Å². The van der Waals surface area contributed by atoms with Crippen LogP contribution < -0.4 is 5.32 Å². The van der Waals surface area contributed by atoms with Gasteiger partial charge < -0.3 is 15.0 Å². The highest BCUT2D eigenvalue weighted by Crippen LogP contribution is 2.25. The lowest BCUT2D eigenvalue weighted by Crippen LogP contribution is -2.48. The predicted octanol–water partition coefficient (Wildman–Crippen LogP) is 4.02. The molecule has 5 nitrogen and oxygen atoms in total. The SMILES string of the molecule is CCNC(=NCc1ccc(C#N)cc1)N1CCOC(c2ccccc2C)C1.I. The van der Waals surface area contributed by atoms with Gasteiger partial charge in [-0.3, -0.25) is 0 Å². The molecule has 0 aromatic heterocycles. The van der Waals surface area contributed by atoms with Gasteiger partial charge in [0.15, 0.2) is 5.96 Å². The Kier molecular flexibility index (Phi) is 8.74. The second-order valence-electron chi connectivity index (χ2n) is 6.64. The van der Waals surface area contributed by atoms with Gasteiger partial charge in [0, 0.05) is 13.1 Å². The van der Waals surface area contributed by atoms with Crippen LogP contribution in [0.15, 0.2) is 53.5 Å². The van der Waals surface area contributed by atoms with E-state index in [1.54, 1.807) is 0 Å². The maximum absolute atomic E-state index is 8.92. The molecular formula is C22H27IN4O. The number of aryl methyl sites for hydroxylation is 1. The van der Waals surface area contributed by atoms with Gasteiger partial charge in [-0.05, 0) is 42.7 Å². The summed E-state index contributed by atoms with van der Waals surface area (Å²) in [5, 5.41) is 12.3. The lowest BCUT2D eigenvalue weighted by atomic mass is 10.0. The second-order valence-corrected chi connectivity index (χ2v) is 6.64. The van der Waals surface area contributed by atoms with Crippen molar-refractivity contribution < 1.29 is 4.74 Å². The molecule has 1 heterocycles. The molecule has 148 valence electrons. The first kappa shape index (κ1) is 22.2. The number of ether oxygens (including phenoxy) is 1. The zero-order valence-electron chi connectivity index (χ0n) is 16.4. The lowest BCUT2D eigenvalue weighted by molar-refractivity contribution is -0.00834. The summed E-state index contributed by atoms with van der Waals surface area (Å²) >= 11 is 0. The van der Waals surface area contributed by atoms with E-state index in [9.17, 15) is 0 Å². The maximum atomic E-state index is 8.92. The molecule has 2 aromatic rings. The molecule has 6 heteroatoms. The van der Waals surface area contributed by atoms with Crippen LogP contribution in [0.1, 0.15) is 35.3 Å². The van der Waals surface area contributed by atoms with Crippen molar-refractivity contribution in [2.75, 3.05) is 26.2 Å². The Bertz CT molecular complexity index is 829.